The molecule has 4 nitrogen and oxygen atoms in total. The molecule has 5 heteroatoms. The van der Waals surface area contributed by atoms with E-state index in [0.717, 1.165) is 5.56 Å². The number of nitrogens with zero attached hydrogens (tertiary/aromatic N) is 1. The molecule has 2 aromatic rings. The maximum atomic E-state index is 9.51. The summed E-state index contributed by atoms with van der Waals surface area (Å²) >= 11 is 6.19. The van der Waals surface area contributed by atoms with Gasteiger partial charge in [0.1, 0.15) is 5.75 Å². The summed E-state index contributed by atoms with van der Waals surface area (Å²) in [6.07, 6.45) is 1.74. The third-order valence-electron chi connectivity index (χ3n) is 3.39. The minimum absolute atomic E-state index is 0.184. The lowest BCUT2D eigenvalue weighted by molar-refractivity contribution is 0.174. The van der Waals surface area contributed by atoms with E-state index in [-0.39, 0.29) is 6.79 Å². The molecule has 0 spiro atoms. The van der Waals surface area contributed by atoms with Gasteiger partial charge in [0.05, 0.1) is 18.2 Å². The van der Waals surface area contributed by atoms with Crippen LogP contribution in [0, 0.1) is 11.3 Å². The molecule has 1 heterocycles. The zero-order valence-corrected chi connectivity index (χ0v) is 13.3. The van der Waals surface area contributed by atoms with E-state index >= 15 is 0 Å². The number of ether oxygens (including phenoxy) is 3. The van der Waals surface area contributed by atoms with Gasteiger partial charge >= 0.3 is 0 Å². The van der Waals surface area contributed by atoms with Crippen molar-refractivity contribution in [1.82, 2.24) is 0 Å². The summed E-state index contributed by atoms with van der Waals surface area (Å²) in [4.78, 5) is 0. The molecule has 0 saturated carbocycles. The fourth-order valence-electron chi connectivity index (χ4n) is 2.34. The van der Waals surface area contributed by atoms with Gasteiger partial charge in [-0.05, 0) is 25.1 Å². The van der Waals surface area contributed by atoms with Gasteiger partial charge in [-0.25, -0.2) is 0 Å². The Labute approximate surface area is 139 Å². The molecule has 3 rings (SSSR count). The predicted octanol–water partition coefficient (Wildman–Crippen LogP) is 4.53. The molecular weight excluding hydrogens is 314 g/mol. The van der Waals surface area contributed by atoms with Crippen LogP contribution < -0.4 is 14.2 Å². The number of hydrogen-bond acceptors (Lipinski definition) is 4. The molecule has 0 unspecified atom stereocenters. The Morgan fingerprint density at radius 2 is 2.04 bits per heavy atom. The van der Waals surface area contributed by atoms with E-state index in [1.807, 2.05) is 31.2 Å². The second-order valence-electron chi connectivity index (χ2n) is 4.83. The average Bonchev–Trinajstić information content (AvgIpc) is 3.01. The number of halogens is 1. The highest BCUT2D eigenvalue weighted by Crippen LogP contribution is 2.39. The van der Waals surface area contributed by atoms with Crippen LogP contribution in [0.1, 0.15) is 18.1 Å². The average molecular weight is 328 g/mol. The molecule has 2 aromatic carbocycles. The number of fused-ring (bicyclic) bond motifs is 1. The van der Waals surface area contributed by atoms with Crippen molar-refractivity contribution < 1.29 is 14.2 Å². The summed E-state index contributed by atoms with van der Waals surface area (Å²) in [6.45, 7) is 2.59. The van der Waals surface area contributed by atoms with Crippen LogP contribution in [0.5, 0.6) is 17.2 Å². The normalized spacial score (nSPS) is 12.8. The summed E-state index contributed by atoms with van der Waals surface area (Å²) in [5, 5.41) is 10.0. The van der Waals surface area contributed by atoms with E-state index in [1.165, 1.54) is 0 Å². The third kappa shape index (κ3) is 3.10. The summed E-state index contributed by atoms with van der Waals surface area (Å²) in [5.41, 5.74) is 1.87. The number of benzene rings is 2. The molecule has 116 valence electrons. The fourth-order valence-corrected chi connectivity index (χ4v) is 2.58. The summed E-state index contributed by atoms with van der Waals surface area (Å²) in [5.74, 6) is 1.91. The van der Waals surface area contributed by atoms with Crippen LogP contribution in [-0.4, -0.2) is 13.4 Å². The monoisotopic (exact) mass is 327 g/mol. The minimum Gasteiger partial charge on any atom is -0.493 e. The van der Waals surface area contributed by atoms with E-state index < -0.39 is 0 Å². The fraction of sp³-hybridized carbons (Fsp3) is 0.167. The molecule has 0 aromatic heterocycles. The zero-order chi connectivity index (χ0) is 16.2. The molecule has 0 N–H and O–H groups in total. The Morgan fingerprint density at radius 1 is 1.30 bits per heavy atom. The Kier molecular flexibility index (Phi) is 4.40. The maximum Gasteiger partial charge on any atom is 0.231 e. The van der Waals surface area contributed by atoms with Crippen LogP contribution in [0.15, 0.2) is 36.4 Å². The van der Waals surface area contributed by atoms with Crippen molar-refractivity contribution in [3.63, 3.8) is 0 Å². The van der Waals surface area contributed by atoms with Crippen molar-refractivity contribution in [1.29, 1.82) is 5.26 Å². The molecule has 0 saturated heterocycles. The summed E-state index contributed by atoms with van der Waals surface area (Å²) in [7, 11) is 0. The molecule has 23 heavy (non-hydrogen) atoms. The minimum atomic E-state index is 0.184. The van der Waals surface area contributed by atoms with Crippen molar-refractivity contribution in [3.8, 4) is 23.3 Å². The van der Waals surface area contributed by atoms with Gasteiger partial charge in [0, 0.05) is 22.2 Å². The van der Waals surface area contributed by atoms with E-state index in [9.17, 15) is 5.26 Å². The van der Waals surface area contributed by atoms with Gasteiger partial charge in [-0.3, -0.25) is 0 Å². The number of nitriles is 1. The maximum absolute atomic E-state index is 9.51. The topological polar surface area (TPSA) is 51.5 Å². The summed E-state index contributed by atoms with van der Waals surface area (Å²) < 4.78 is 16.4. The first-order valence-electron chi connectivity index (χ1n) is 7.16. The van der Waals surface area contributed by atoms with Gasteiger partial charge in [-0.2, -0.15) is 5.26 Å². The predicted molar refractivity (Wildman–Crippen MR) is 88.7 cm³/mol. The van der Waals surface area contributed by atoms with Gasteiger partial charge in [0.15, 0.2) is 11.5 Å². The first-order chi connectivity index (χ1) is 11.2. The Bertz CT molecular complexity index is 808. The Balaban J connectivity index is 2.10. The molecule has 0 amide bonds. The van der Waals surface area contributed by atoms with Gasteiger partial charge < -0.3 is 14.2 Å². The van der Waals surface area contributed by atoms with E-state index in [1.54, 1.807) is 18.2 Å². The SMILES string of the molecule is CCOc1cc2c(cc1/C=C(/C#N)c1ccccc1Cl)OCO2. The van der Waals surface area contributed by atoms with Crippen LogP contribution in [0.3, 0.4) is 0 Å². The van der Waals surface area contributed by atoms with Crippen LogP contribution in [0.2, 0.25) is 5.02 Å². The van der Waals surface area contributed by atoms with E-state index in [0.29, 0.717) is 40.0 Å². The number of allylic oxidation sites excluding steroid dienone is 1. The highest BCUT2D eigenvalue weighted by molar-refractivity contribution is 6.32. The van der Waals surface area contributed by atoms with Crippen molar-refractivity contribution in [2.75, 3.05) is 13.4 Å². The molecule has 1 aliphatic heterocycles. The lowest BCUT2D eigenvalue weighted by atomic mass is 10.0. The van der Waals surface area contributed by atoms with Gasteiger partial charge in [-0.1, -0.05) is 29.8 Å². The first kappa shape index (κ1) is 15.3. The molecule has 1 aliphatic rings. The van der Waals surface area contributed by atoms with Crippen LogP contribution in [0.25, 0.3) is 11.6 Å². The zero-order valence-electron chi connectivity index (χ0n) is 12.5. The van der Waals surface area contributed by atoms with Crippen LogP contribution in [-0.2, 0) is 0 Å². The van der Waals surface area contributed by atoms with Crippen LogP contribution >= 0.6 is 11.6 Å². The van der Waals surface area contributed by atoms with Gasteiger partial charge in [0.25, 0.3) is 0 Å². The molecule has 0 atom stereocenters. The van der Waals surface area contributed by atoms with Crippen molar-refractivity contribution >= 4 is 23.3 Å². The van der Waals surface area contributed by atoms with Crippen molar-refractivity contribution in [3.05, 3.63) is 52.5 Å². The Hall–Kier alpha value is -2.64. The second-order valence-corrected chi connectivity index (χ2v) is 5.23. The standard InChI is InChI=1S/C18H14ClNO3/c1-2-21-16-9-18-17(22-11-23-18)8-12(16)7-13(10-20)14-5-3-4-6-15(14)19/h3-9H,2,11H2,1H3/b13-7-. The molecular formula is C18H14ClNO3. The highest BCUT2D eigenvalue weighted by atomic mass is 35.5. The quantitative estimate of drug-likeness (QED) is 0.611. The Morgan fingerprint density at radius 3 is 2.74 bits per heavy atom. The van der Waals surface area contributed by atoms with Crippen LogP contribution in [0.4, 0.5) is 0 Å². The highest BCUT2D eigenvalue weighted by Gasteiger charge is 2.18. The molecule has 0 fully saturated rings. The van der Waals surface area contributed by atoms with Gasteiger partial charge in [-0.15, -0.1) is 0 Å². The lowest BCUT2D eigenvalue weighted by Crippen LogP contribution is -1.95. The number of rotatable bonds is 4. The van der Waals surface area contributed by atoms with E-state index in [4.69, 9.17) is 25.8 Å². The third-order valence-corrected chi connectivity index (χ3v) is 3.72. The first-order valence-corrected chi connectivity index (χ1v) is 7.54. The molecule has 0 radical (unpaired) electrons. The molecule has 0 aliphatic carbocycles. The summed E-state index contributed by atoms with van der Waals surface area (Å²) in [6, 6.07) is 13.0. The number of hydrogen-bond donors (Lipinski definition) is 0. The van der Waals surface area contributed by atoms with Gasteiger partial charge in [0.2, 0.25) is 6.79 Å². The van der Waals surface area contributed by atoms with E-state index in [2.05, 4.69) is 6.07 Å². The second kappa shape index (κ2) is 6.64. The van der Waals surface area contributed by atoms with Crippen molar-refractivity contribution in [2.24, 2.45) is 0 Å². The molecule has 0 bridgehead atoms. The smallest absolute Gasteiger partial charge is 0.231 e. The largest absolute Gasteiger partial charge is 0.493 e. The lowest BCUT2D eigenvalue weighted by Gasteiger charge is -2.10. The van der Waals surface area contributed by atoms with Crippen molar-refractivity contribution in [2.45, 2.75) is 6.92 Å².